The van der Waals surface area contributed by atoms with Crippen molar-refractivity contribution in [2.75, 3.05) is 5.73 Å². The van der Waals surface area contributed by atoms with Crippen molar-refractivity contribution < 1.29 is 57.1 Å². The van der Waals surface area contributed by atoms with E-state index in [0.717, 1.165) is 0 Å². The first-order valence-corrected chi connectivity index (χ1v) is 5.92. The van der Waals surface area contributed by atoms with E-state index in [0.29, 0.717) is 12.3 Å². The highest BCUT2D eigenvalue weighted by Gasteiger charge is 2.91. The predicted molar refractivity (Wildman–Crippen MR) is 58.4 cm³/mol. The zero-order valence-corrected chi connectivity index (χ0v) is 11.7. The van der Waals surface area contributed by atoms with Crippen LogP contribution in [0.5, 0.6) is 0 Å². The molecule has 26 heavy (non-hydrogen) atoms. The van der Waals surface area contributed by atoms with Crippen molar-refractivity contribution in [3.8, 4) is 0 Å². The van der Waals surface area contributed by atoms with Crippen molar-refractivity contribution in [2.45, 2.75) is 35.8 Å². The van der Waals surface area contributed by atoms with Gasteiger partial charge in [0.05, 0.1) is 5.56 Å². The minimum atomic E-state index is -7.94. The Balaban J connectivity index is 3.61. The summed E-state index contributed by atoms with van der Waals surface area (Å²) in [5.41, 5.74) is 1.13. The summed E-state index contributed by atoms with van der Waals surface area (Å²) < 4.78 is 168. The number of halogens is 13. The lowest BCUT2D eigenvalue weighted by atomic mass is 9.90. The summed E-state index contributed by atoms with van der Waals surface area (Å²) in [4.78, 5) is 2.80. The van der Waals surface area contributed by atoms with Crippen LogP contribution in [0.15, 0.2) is 18.5 Å². The Morgan fingerprint density at radius 2 is 1.08 bits per heavy atom. The van der Waals surface area contributed by atoms with Gasteiger partial charge in [-0.05, 0) is 6.07 Å². The zero-order chi connectivity index (χ0) is 21.0. The van der Waals surface area contributed by atoms with Crippen LogP contribution in [0.25, 0.3) is 0 Å². The van der Waals surface area contributed by atoms with E-state index in [1.54, 1.807) is 0 Å². The van der Waals surface area contributed by atoms with Crippen LogP contribution in [0.3, 0.4) is 0 Å². The van der Waals surface area contributed by atoms with E-state index in [-0.39, 0.29) is 6.20 Å². The standard InChI is InChI=1S/C11H5F13N2/c12-6(13,4-3-26-2-1-5(4)25)7(14,15)8(16,17)9(18,19)10(20,21)11(22,23)24/h1-3H,(H2,25,26). The van der Waals surface area contributed by atoms with Crippen LogP contribution in [-0.4, -0.2) is 34.9 Å². The number of aromatic nitrogens is 1. The van der Waals surface area contributed by atoms with Gasteiger partial charge in [0.25, 0.3) is 0 Å². The largest absolute Gasteiger partial charge is 0.460 e. The van der Waals surface area contributed by atoms with Gasteiger partial charge in [-0.1, -0.05) is 0 Å². The second-order valence-electron chi connectivity index (χ2n) is 4.83. The van der Waals surface area contributed by atoms with Crippen molar-refractivity contribution in [1.29, 1.82) is 0 Å². The first kappa shape index (κ1) is 22.1. The Hall–Kier alpha value is -1.96. The maximum absolute atomic E-state index is 13.7. The van der Waals surface area contributed by atoms with E-state index < -0.39 is 47.0 Å². The Morgan fingerprint density at radius 1 is 0.654 bits per heavy atom. The van der Waals surface area contributed by atoms with Gasteiger partial charge in [-0.3, -0.25) is 4.98 Å². The number of rotatable bonds is 5. The molecule has 0 aliphatic carbocycles. The van der Waals surface area contributed by atoms with Crippen LogP contribution in [0.4, 0.5) is 62.8 Å². The molecule has 150 valence electrons. The molecule has 0 amide bonds. The van der Waals surface area contributed by atoms with Crippen molar-refractivity contribution in [2.24, 2.45) is 0 Å². The highest BCUT2D eigenvalue weighted by molar-refractivity contribution is 5.48. The van der Waals surface area contributed by atoms with E-state index in [9.17, 15) is 57.1 Å². The molecule has 1 heterocycles. The third-order valence-corrected chi connectivity index (χ3v) is 3.13. The van der Waals surface area contributed by atoms with Crippen LogP contribution in [0.1, 0.15) is 5.56 Å². The molecule has 0 bridgehead atoms. The Bertz CT molecular complexity index is 664. The average Bonchev–Trinajstić information content (AvgIpc) is 2.45. The first-order chi connectivity index (χ1) is 11.3. The Labute approximate surface area is 134 Å². The summed E-state index contributed by atoms with van der Waals surface area (Å²) in [6.45, 7) is 0. The third-order valence-electron chi connectivity index (χ3n) is 3.13. The fourth-order valence-corrected chi connectivity index (χ4v) is 1.61. The van der Waals surface area contributed by atoms with Crippen LogP contribution >= 0.6 is 0 Å². The Kier molecular flexibility index (Phi) is 4.90. The molecular formula is C11H5F13N2. The zero-order valence-electron chi connectivity index (χ0n) is 11.7. The molecule has 1 rings (SSSR count). The van der Waals surface area contributed by atoms with Crippen LogP contribution in [0, 0.1) is 0 Å². The van der Waals surface area contributed by atoms with Crippen LogP contribution < -0.4 is 5.73 Å². The van der Waals surface area contributed by atoms with Gasteiger partial charge < -0.3 is 5.73 Å². The van der Waals surface area contributed by atoms with E-state index in [1.807, 2.05) is 0 Å². The number of pyridine rings is 1. The van der Waals surface area contributed by atoms with Gasteiger partial charge in [0.1, 0.15) is 0 Å². The molecule has 0 aliphatic heterocycles. The molecule has 0 spiro atoms. The molecule has 0 aliphatic rings. The molecule has 0 radical (unpaired) electrons. The minimum Gasteiger partial charge on any atom is -0.398 e. The molecule has 0 fully saturated rings. The topological polar surface area (TPSA) is 38.9 Å². The number of hydrogen-bond acceptors (Lipinski definition) is 2. The van der Waals surface area contributed by atoms with Gasteiger partial charge in [-0.2, -0.15) is 57.1 Å². The minimum absolute atomic E-state index is 0.265. The molecule has 0 saturated carbocycles. The molecule has 0 unspecified atom stereocenters. The highest BCUT2D eigenvalue weighted by Crippen LogP contribution is 2.62. The number of nitrogens with two attached hydrogens (primary N) is 1. The van der Waals surface area contributed by atoms with Gasteiger partial charge in [0.15, 0.2) is 0 Å². The number of nitrogen functional groups attached to an aromatic ring is 1. The van der Waals surface area contributed by atoms with Crippen molar-refractivity contribution in [3.05, 3.63) is 24.0 Å². The van der Waals surface area contributed by atoms with Crippen molar-refractivity contribution in [3.63, 3.8) is 0 Å². The normalized spacial score (nSPS) is 15.3. The maximum Gasteiger partial charge on any atom is 0.460 e. The lowest BCUT2D eigenvalue weighted by Gasteiger charge is -2.39. The molecule has 1 aromatic heterocycles. The molecule has 1 aromatic rings. The van der Waals surface area contributed by atoms with Gasteiger partial charge in [-0.15, -0.1) is 0 Å². The number of hydrogen-bond donors (Lipinski definition) is 1. The lowest BCUT2D eigenvalue weighted by molar-refractivity contribution is -0.441. The van der Waals surface area contributed by atoms with E-state index >= 15 is 0 Å². The number of nitrogens with zero attached hydrogens (tertiary/aromatic N) is 1. The first-order valence-electron chi connectivity index (χ1n) is 5.92. The van der Waals surface area contributed by atoms with Gasteiger partial charge >= 0.3 is 35.8 Å². The van der Waals surface area contributed by atoms with E-state index in [2.05, 4.69) is 4.98 Å². The second-order valence-corrected chi connectivity index (χ2v) is 4.83. The summed E-state index contributed by atoms with van der Waals surface area (Å²) in [5, 5.41) is 0. The highest BCUT2D eigenvalue weighted by atomic mass is 19.4. The van der Waals surface area contributed by atoms with Gasteiger partial charge in [0.2, 0.25) is 0 Å². The molecule has 0 atom stereocenters. The SMILES string of the molecule is Nc1ccncc1C(F)(F)C(F)(F)C(F)(F)C(F)(F)C(F)(F)C(F)(F)F. The summed E-state index contributed by atoms with van der Waals surface area (Å²) in [7, 11) is 0. The molecular weight excluding hydrogens is 407 g/mol. The van der Waals surface area contributed by atoms with Crippen LogP contribution in [-0.2, 0) is 5.92 Å². The maximum atomic E-state index is 13.7. The summed E-state index contributed by atoms with van der Waals surface area (Å²) in [6.07, 6.45) is -7.12. The third kappa shape index (κ3) is 2.71. The monoisotopic (exact) mass is 412 g/mol. The molecule has 2 N–H and O–H groups in total. The Morgan fingerprint density at radius 3 is 1.46 bits per heavy atom. The van der Waals surface area contributed by atoms with Gasteiger partial charge in [0, 0.05) is 18.1 Å². The predicted octanol–water partition coefficient (Wildman–Crippen LogP) is 4.86. The summed E-state index contributed by atoms with van der Waals surface area (Å²) >= 11 is 0. The smallest absolute Gasteiger partial charge is 0.398 e. The number of anilines is 1. The van der Waals surface area contributed by atoms with Crippen molar-refractivity contribution in [1.82, 2.24) is 4.98 Å². The molecule has 0 saturated heterocycles. The van der Waals surface area contributed by atoms with Gasteiger partial charge in [-0.25, -0.2) is 0 Å². The summed E-state index contributed by atoms with van der Waals surface area (Å²) in [5.74, 6) is -37.4. The molecule has 15 heteroatoms. The van der Waals surface area contributed by atoms with Crippen LogP contribution in [0.2, 0.25) is 0 Å². The molecule has 0 aromatic carbocycles. The quantitative estimate of drug-likeness (QED) is 0.702. The number of alkyl halides is 13. The fourth-order valence-electron chi connectivity index (χ4n) is 1.61. The summed E-state index contributed by atoms with van der Waals surface area (Å²) in [6, 6.07) is 0.347. The fraction of sp³-hybridized carbons (Fsp3) is 0.545. The lowest BCUT2D eigenvalue weighted by Crippen LogP contribution is -2.69. The molecule has 2 nitrogen and oxygen atoms in total. The average molecular weight is 412 g/mol. The van der Waals surface area contributed by atoms with E-state index in [4.69, 9.17) is 5.73 Å². The van der Waals surface area contributed by atoms with E-state index in [1.165, 1.54) is 0 Å². The second kappa shape index (κ2) is 5.77. The van der Waals surface area contributed by atoms with Crippen molar-refractivity contribution >= 4 is 5.69 Å².